The van der Waals surface area contributed by atoms with Gasteiger partial charge in [0.2, 0.25) is 0 Å². The van der Waals surface area contributed by atoms with Crippen molar-refractivity contribution in [3.05, 3.63) is 59.2 Å². The molecule has 0 N–H and O–H groups in total. The normalized spacial score (nSPS) is 11.4. The van der Waals surface area contributed by atoms with Crippen molar-refractivity contribution in [1.29, 1.82) is 0 Å². The summed E-state index contributed by atoms with van der Waals surface area (Å²) in [5.74, 6) is 2.25. The van der Waals surface area contributed by atoms with E-state index >= 15 is 0 Å². The van der Waals surface area contributed by atoms with E-state index in [1.807, 2.05) is 24.3 Å². The number of ether oxygens (including phenoxy) is 1. The first-order chi connectivity index (χ1) is 9.40. The van der Waals surface area contributed by atoms with E-state index in [2.05, 4.69) is 45.9 Å². The molecule has 2 rings (SSSR count). The van der Waals surface area contributed by atoms with Gasteiger partial charge in [0, 0.05) is 11.4 Å². The van der Waals surface area contributed by atoms with Gasteiger partial charge in [-0.15, -0.1) is 11.6 Å². The molecule has 2 heteroatoms. The molecule has 0 amide bonds. The lowest BCUT2D eigenvalue weighted by atomic mass is 9.86. The Labute approximate surface area is 126 Å². The van der Waals surface area contributed by atoms with Crippen molar-refractivity contribution in [3.8, 4) is 11.5 Å². The van der Waals surface area contributed by atoms with Crippen molar-refractivity contribution in [3.63, 3.8) is 0 Å². The van der Waals surface area contributed by atoms with Gasteiger partial charge >= 0.3 is 0 Å². The molecule has 2 aromatic rings. The molecule has 0 unspecified atom stereocenters. The summed E-state index contributed by atoms with van der Waals surface area (Å²) in [6.45, 7) is 8.66. The Balaban J connectivity index is 2.39. The SMILES string of the molecule is Cc1ccc(C(C)(C)C)c(Oc2cccc(CCl)c2)c1. The molecule has 0 bridgehead atoms. The van der Waals surface area contributed by atoms with Gasteiger partial charge in [-0.3, -0.25) is 0 Å². The number of alkyl halides is 1. The summed E-state index contributed by atoms with van der Waals surface area (Å²) in [7, 11) is 0. The van der Waals surface area contributed by atoms with Gasteiger partial charge in [-0.2, -0.15) is 0 Å². The van der Waals surface area contributed by atoms with Crippen molar-refractivity contribution < 1.29 is 4.74 Å². The molecule has 0 atom stereocenters. The molecule has 1 nitrogen and oxygen atoms in total. The summed E-state index contributed by atoms with van der Waals surface area (Å²) < 4.78 is 6.10. The van der Waals surface area contributed by atoms with Crippen LogP contribution in [0.1, 0.15) is 37.5 Å². The molecule has 0 aliphatic heterocycles. The standard InChI is InChI=1S/C18H21ClO/c1-13-8-9-16(18(2,3)4)17(10-13)20-15-7-5-6-14(11-15)12-19/h5-11H,12H2,1-4H3. The molecule has 0 radical (unpaired) electrons. The molecule has 0 saturated carbocycles. The molecule has 0 aliphatic rings. The number of hydrogen-bond acceptors (Lipinski definition) is 1. The monoisotopic (exact) mass is 288 g/mol. The lowest BCUT2D eigenvalue weighted by Gasteiger charge is -2.23. The highest BCUT2D eigenvalue weighted by Crippen LogP contribution is 2.35. The fraction of sp³-hybridized carbons (Fsp3) is 0.333. The highest BCUT2D eigenvalue weighted by molar-refractivity contribution is 6.17. The van der Waals surface area contributed by atoms with Crippen molar-refractivity contribution in [2.24, 2.45) is 0 Å². The number of rotatable bonds is 3. The van der Waals surface area contributed by atoms with Gasteiger partial charge in [-0.1, -0.05) is 45.0 Å². The average Bonchev–Trinajstić information content (AvgIpc) is 2.37. The predicted octanol–water partition coefficient (Wildman–Crippen LogP) is 5.82. The Morgan fingerprint density at radius 2 is 1.80 bits per heavy atom. The Morgan fingerprint density at radius 1 is 1.05 bits per heavy atom. The van der Waals surface area contributed by atoms with Crippen LogP contribution in [-0.4, -0.2) is 0 Å². The quantitative estimate of drug-likeness (QED) is 0.646. The fourth-order valence-corrected chi connectivity index (χ4v) is 2.32. The lowest BCUT2D eigenvalue weighted by Crippen LogP contribution is -2.12. The van der Waals surface area contributed by atoms with Gasteiger partial charge in [0.15, 0.2) is 0 Å². The zero-order valence-corrected chi connectivity index (χ0v) is 13.3. The van der Waals surface area contributed by atoms with E-state index in [0.717, 1.165) is 17.1 Å². The zero-order valence-electron chi connectivity index (χ0n) is 12.5. The molecule has 0 fully saturated rings. The maximum atomic E-state index is 6.10. The number of halogens is 1. The van der Waals surface area contributed by atoms with E-state index in [1.165, 1.54) is 11.1 Å². The van der Waals surface area contributed by atoms with Gasteiger partial charge in [0.1, 0.15) is 11.5 Å². The van der Waals surface area contributed by atoms with E-state index < -0.39 is 0 Å². The van der Waals surface area contributed by atoms with E-state index in [0.29, 0.717) is 5.88 Å². The Bertz CT molecular complexity index is 597. The van der Waals surface area contributed by atoms with Crippen molar-refractivity contribution in [1.82, 2.24) is 0 Å². The molecular weight excluding hydrogens is 268 g/mol. The summed E-state index contributed by atoms with van der Waals surface area (Å²) in [5, 5.41) is 0. The van der Waals surface area contributed by atoms with Crippen LogP contribution in [0.3, 0.4) is 0 Å². The fourth-order valence-electron chi connectivity index (χ4n) is 2.15. The molecule has 0 aromatic heterocycles. The van der Waals surface area contributed by atoms with Gasteiger partial charge in [-0.05, 0) is 41.7 Å². The average molecular weight is 289 g/mol. The highest BCUT2D eigenvalue weighted by atomic mass is 35.5. The Morgan fingerprint density at radius 3 is 2.45 bits per heavy atom. The summed E-state index contributed by atoms with van der Waals surface area (Å²) in [6, 6.07) is 14.3. The van der Waals surface area contributed by atoms with Crippen LogP contribution in [0, 0.1) is 6.92 Å². The Kier molecular flexibility index (Phi) is 4.39. The predicted molar refractivity (Wildman–Crippen MR) is 86.0 cm³/mol. The Hall–Kier alpha value is -1.47. The van der Waals surface area contributed by atoms with Crippen LogP contribution in [0.25, 0.3) is 0 Å². The molecule has 106 valence electrons. The van der Waals surface area contributed by atoms with Crippen LogP contribution in [0.4, 0.5) is 0 Å². The lowest BCUT2D eigenvalue weighted by molar-refractivity contribution is 0.454. The first-order valence-electron chi connectivity index (χ1n) is 6.84. The minimum atomic E-state index is 0.0487. The first-order valence-corrected chi connectivity index (χ1v) is 7.37. The minimum Gasteiger partial charge on any atom is -0.457 e. The summed E-state index contributed by atoms with van der Waals surface area (Å²) in [6.07, 6.45) is 0. The molecule has 0 heterocycles. The molecule has 0 spiro atoms. The topological polar surface area (TPSA) is 9.23 Å². The van der Waals surface area contributed by atoms with Crippen molar-refractivity contribution >= 4 is 11.6 Å². The molecule has 0 aliphatic carbocycles. The maximum absolute atomic E-state index is 6.10. The first kappa shape index (κ1) is 14.9. The third kappa shape index (κ3) is 3.55. The maximum Gasteiger partial charge on any atom is 0.131 e. The second-order valence-corrected chi connectivity index (χ2v) is 6.40. The third-order valence-electron chi connectivity index (χ3n) is 3.23. The van der Waals surface area contributed by atoms with Gasteiger partial charge in [0.05, 0.1) is 0 Å². The van der Waals surface area contributed by atoms with Crippen LogP contribution in [0.2, 0.25) is 0 Å². The molecular formula is C18H21ClO. The second kappa shape index (κ2) is 5.88. The van der Waals surface area contributed by atoms with E-state index in [4.69, 9.17) is 16.3 Å². The van der Waals surface area contributed by atoms with Gasteiger partial charge in [0.25, 0.3) is 0 Å². The highest BCUT2D eigenvalue weighted by Gasteiger charge is 2.19. The zero-order chi connectivity index (χ0) is 14.8. The van der Waals surface area contributed by atoms with Crippen LogP contribution in [-0.2, 0) is 11.3 Å². The van der Waals surface area contributed by atoms with Gasteiger partial charge < -0.3 is 4.74 Å². The van der Waals surface area contributed by atoms with Crippen LogP contribution < -0.4 is 4.74 Å². The molecule has 20 heavy (non-hydrogen) atoms. The van der Waals surface area contributed by atoms with Crippen molar-refractivity contribution in [2.45, 2.75) is 39.0 Å². The summed E-state index contributed by atoms with van der Waals surface area (Å²) >= 11 is 5.88. The van der Waals surface area contributed by atoms with Crippen LogP contribution in [0.15, 0.2) is 42.5 Å². The second-order valence-electron chi connectivity index (χ2n) is 6.13. The molecule has 2 aromatic carbocycles. The number of hydrogen-bond donors (Lipinski definition) is 0. The third-order valence-corrected chi connectivity index (χ3v) is 3.53. The smallest absolute Gasteiger partial charge is 0.131 e. The number of benzene rings is 2. The largest absolute Gasteiger partial charge is 0.457 e. The van der Waals surface area contributed by atoms with E-state index in [9.17, 15) is 0 Å². The van der Waals surface area contributed by atoms with E-state index in [-0.39, 0.29) is 5.41 Å². The minimum absolute atomic E-state index is 0.0487. The van der Waals surface area contributed by atoms with Crippen LogP contribution in [0.5, 0.6) is 11.5 Å². The van der Waals surface area contributed by atoms with Gasteiger partial charge in [-0.25, -0.2) is 0 Å². The number of aryl methyl sites for hydroxylation is 1. The van der Waals surface area contributed by atoms with Crippen molar-refractivity contribution in [2.75, 3.05) is 0 Å². The summed E-state index contributed by atoms with van der Waals surface area (Å²) in [5.41, 5.74) is 3.52. The van der Waals surface area contributed by atoms with Crippen LogP contribution >= 0.6 is 11.6 Å². The molecule has 0 saturated heterocycles. The summed E-state index contributed by atoms with van der Waals surface area (Å²) in [4.78, 5) is 0. The van der Waals surface area contributed by atoms with E-state index in [1.54, 1.807) is 0 Å².